The first-order valence-corrected chi connectivity index (χ1v) is 7.33. The third-order valence-electron chi connectivity index (χ3n) is 3.07. The average molecular weight is 290 g/mol. The minimum atomic E-state index is 0.0201. The molecule has 2 nitrogen and oxygen atoms in total. The van der Waals surface area contributed by atoms with Crippen LogP contribution in [0.2, 0.25) is 0 Å². The monoisotopic (exact) mass is 290 g/mol. The third kappa shape index (κ3) is 2.61. The Hall–Kier alpha value is -1.10. The van der Waals surface area contributed by atoms with Crippen LogP contribution in [0.4, 0.5) is 0 Å². The predicted molar refractivity (Wildman–Crippen MR) is 80.1 cm³/mol. The van der Waals surface area contributed by atoms with Gasteiger partial charge in [-0.3, -0.25) is 0 Å². The molecule has 2 aromatic carbocycles. The van der Waals surface area contributed by atoms with Gasteiger partial charge in [-0.1, -0.05) is 36.0 Å². The lowest BCUT2D eigenvalue weighted by molar-refractivity contribution is 0.0925. The van der Waals surface area contributed by atoms with E-state index < -0.39 is 0 Å². The molecule has 0 spiro atoms. The standard InChI is InChI=1S/C15H14O2S2/c1-16-12-7-6-10(8-13(12)18)15-17-9-11-4-2-3-5-14(11)19-15/h2-8,15,18H,9H2,1H3. The van der Waals surface area contributed by atoms with E-state index in [1.807, 2.05) is 24.3 Å². The fourth-order valence-electron chi connectivity index (χ4n) is 2.07. The van der Waals surface area contributed by atoms with Crippen LogP contribution in [0, 0.1) is 0 Å². The van der Waals surface area contributed by atoms with E-state index in [4.69, 9.17) is 9.47 Å². The van der Waals surface area contributed by atoms with Crippen molar-refractivity contribution in [2.75, 3.05) is 7.11 Å². The number of rotatable bonds is 2. The van der Waals surface area contributed by atoms with Crippen LogP contribution in [0.3, 0.4) is 0 Å². The number of thioether (sulfide) groups is 1. The Morgan fingerprint density at radius 2 is 2.11 bits per heavy atom. The highest BCUT2D eigenvalue weighted by atomic mass is 32.2. The molecular formula is C15H14O2S2. The van der Waals surface area contributed by atoms with E-state index in [1.54, 1.807) is 18.9 Å². The molecule has 0 aromatic heterocycles. The van der Waals surface area contributed by atoms with Gasteiger partial charge >= 0.3 is 0 Å². The van der Waals surface area contributed by atoms with E-state index in [2.05, 4.69) is 30.8 Å². The molecule has 0 saturated heterocycles. The smallest absolute Gasteiger partial charge is 0.133 e. The number of hydrogen-bond donors (Lipinski definition) is 1. The summed E-state index contributed by atoms with van der Waals surface area (Å²) in [6.45, 7) is 0.655. The summed E-state index contributed by atoms with van der Waals surface area (Å²) in [4.78, 5) is 2.12. The van der Waals surface area contributed by atoms with Crippen molar-refractivity contribution in [3.05, 3.63) is 53.6 Å². The van der Waals surface area contributed by atoms with Crippen molar-refractivity contribution in [3.8, 4) is 5.75 Å². The van der Waals surface area contributed by atoms with Gasteiger partial charge in [-0.25, -0.2) is 0 Å². The van der Waals surface area contributed by atoms with Crippen LogP contribution >= 0.6 is 24.4 Å². The summed E-state index contributed by atoms with van der Waals surface area (Å²) in [5.74, 6) is 0.785. The molecule has 0 amide bonds. The molecule has 2 aromatic rings. The van der Waals surface area contributed by atoms with Crippen LogP contribution < -0.4 is 4.74 Å². The van der Waals surface area contributed by atoms with Crippen LogP contribution in [0.25, 0.3) is 0 Å². The maximum Gasteiger partial charge on any atom is 0.133 e. The van der Waals surface area contributed by atoms with Crippen molar-refractivity contribution in [1.82, 2.24) is 0 Å². The topological polar surface area (TPSA) is 18.5 Å². The zero-order chi connectivity index (χ0) is 13.2. The molecule has 4 heteroatoms. The first-order chi connectivity index (χ1) is 9.28. The molecule has 0 fully saturated rings. The summed E-state index contributed by atoms with van der Waals surface area (Å²) >= 11 is 6.17. The van der Waals surface area contributed by atoms with E-state index in [-0.39, 0.29) is 5.44 Å². The first-order valence-electron chi connectivity index (χ1n) is 6.01. The lowest BCUT2D eigenvalue weighted by Gasteiger charge is -2.25. The maximum absolute atomic E-state index is 5.91. The van der Waals surface area contributed by atoms with Crippen LogP contribution in [0.15, 0.2) is 52.3 Å². The largest absolute Gasteiger partial charge is 0.496 e. The van der Waals surface area contributed by atoms with Gasteiger partial charge in [0.05, 0.1) is 13.7 Å². The van der Waals surface area contributed by atoms with Gasteiger partial charge < -0.3 is 9.47 Å². The number of hydrogen-bond acceptors (Lipinski definition) is 4. The van der Waals surface area contributed by atoms with Gasteiger partial charge in [-0.05, 0) is 29.3 Å². The molecule has 1 aliphatic heterocycles. The van der Waals surface area contributed by atoms with Gasteiger partial charge in [0, 0.05) is 9.79 Å². The van der Waals surface area contributed by atoms with Crippen molar-refractivity contribution in [2.24, 2.45) is 0 Å². The van der Waals surface area contributed by atoms with Crippen molar-refractivity contribution in [3.63, 3.8) is 0 Å². The molecule has 0 aliphatic carbocycles. The molecule has 19 heavy (non-hydrogen) atoms. The molecule has 0 N–H and O–H groups in total. The second-order valence-corrected chi connectivity index (χ2v) is 5.89. The summed E-state index contributed by atoms with van der Waals surface area (Å²) in [5.41, 5.74) is 2.39. The Morgan fingerprint density at radius 1 is 1.26 bits per heavy atom. The van der Waals surface area contributed by atoms with Gasteiger partial charge in [0.15, 0.2) is 0 Å². The lowest BCUT2D eigenvalue weighted by atomic mass is 10.2. The molecule has 0 bridgehead atoms. The second-order valence-electron chi connectivity index (χ2n) is 4.30. The fraction of sp³-hybridized carbons (Fsp3) is 0.200. The van der Waals surface area contributed by atoms with E-state index in [9.17, 15) is 0 Å². The van der Waals surface area contributed by atoms with Crippen molar-refractivity contribution in [2.45, 2.75) is 21.8 Å². The zero-order valence-corrected chi connectivity index (χ0v) is 12.2. The van der Waals surface area contributed by atoms with E-state index in [1.165, 1.54) is 10.5 Å². The summed E-state index contributed by atoms with van der Waals surface area (Å²) in [5, 5.41) is 0. The molecule has 0 saturated carbocycles. The molecular weight excluding hydrogens is 276 g/mol. The lowest BCUT2D eigenvalue weighted by Crippen LogP contribution is -2.07. The highest BCUT2D eigenvalue weighted by molar-refractivity contribution is 7.99. The Balaban J connectivity index is 1.87. The molecule has 1 aliphatic rings. The predicted octanol–water partition coefficient (Wildman–Crippen LogP) is 4.31. The minimum Gasteiger partial charge on any atom is -0.496 e. The Kier molecular flexibility index (Phi) is 3.73. The highest BCUT2D eigenvalue weighted by Gasteiger charge is 2.21. The number of ether oxygens (including phenoxy) is 2. The molecule has 1 atom stereocenters. The average Bonchev–Trinajstić information content (AvgIpc) is 2.46. The fourth-order valence-corrected chi connectivity index (χ4v) is 3.47. The SMILES string of the molecule is COc1ccc(C2OCc3ccccc3S2)cc1S. The number of benzene rings is 2. The van der Waals surface area contributed by atoms with Gasteiger partial charge in [0.25, 0.3) is 0 Å². The Bertz CT molecular complexity index is 598. The van der Waals surface area contributed by atoms with Crippen molar-refractivity contribution in [1.29, 1.82) is 0 Å². The normalized spacial score (nSPS) is 17.9. The van der Waals surface area contributed by atoms with E-state index >= 15 is 0 Å². The van der Waals surface area contributed by atoms with Gasteiger partial charge in [0.2, 0.25) is 0 Å². The second kappa shape index (κ2) is 5.49. The van der Waals surface area contributed by atoms with Gasteiger partial charge in [0.1, 0.15) is 11.2 Å². The van der Waals surface area contributed by atoms with E-state index in [0.29, 0.717) is 6.61 Å². The molecule has 0 radical (unpaired) electrons. The summed E-state index contributed by atoms with van der Waals surface area (Å²) in [7, 11) is 1.65. The van der Waals surface area contributed by atoms with Crippen LogP contribution in [-0.4, -0.2) is 7.11 Å². The van der Waals surface area contributed by atoms with Crippen LogP contribution in [0.1, 0.15) is 16.6 Å². The quantitative estimate of drug-likeness (QED) is 0.832. The highest BCUT2D eigenvalue weighted by Crippen LogP contribution is 2.43. The minimum absolute atomic E-state index is 0.0201. The van der Waals surface area contributed by atoms with Crippen molar-refractivity contribution >= 4 is 24.4 Å². The zero-order valence-electron chi connectivity index (χ0n) is 10.5. The number of methoxy groups -OCH3 is 1. The number of thiol groups is 1. The third-order valence-corrected chi connectivity index (χ3v) is 4.70. The maximum atomic E-state index is 5.91. The van der Waals surface area contributed by atoms with Crippen LogP contribution in [-0.2, 0) is 11.3 Å². The van der Waals surface area contributed by atoms with Crippen LogP contribution in [0.5, 0.6) is 5.75 Å². The molecule has 1 heterocycles. The number of fused-ring (bicyclic) bond motifs is 1. The van der Waals surface area contributed by atoms with E-state index in [0.717, 1.165) is 16.2 Å². The summed E-state index contributed by atoms with van der Waals surface area (Å²) < 4.78 is 11.1. The Labute approximate surface area is 122 Å². The summed E-state index contributed by atoms with van der Waals surface area (Å²) in [6, 6.07) is 14.3. The van der Waals surface area contributed by atoms with Crippen molar-refractivity contribution < 1.29 is 9.47 Å². The molecule has 3 rings (SSSR count). The van der Waals surface area contributed by atoms with Gasteiger partial charge in [-0.15, -0.1) is 12.6 Å². The van der Waals surface area contributed by atoms with Gasteiger partial charge in [-0.2, -0.15) is 0 Å². The molecule has 98 valence electrons. The Morgan fingerprint density at radius 3 is 2.89 bits per heavy atom. The molecule has 1 unspecified atom stereocenters. The summed E-state index contributed by atoms with van der Waals surface area (Å²) in [6.07, 6.45) is 0. The first kappa shape index (κ1) is 12.9.